The summed E-state index contributed by atoms with van der Waals surface area (Å²) in [5.74, 6) is -1.84. The normalized spacial score (nSPS) is 18.8. The Morgan fingerprint density at radius 2 is 2.28 bits per heavy atom. The summed E-state index contributed by atoms with van der Waals surface area (Å²) in [5, 5.41) is 17.7. The fraction of sp³-hybridized carbons (Fsp3) is 0.250. The molecule has 1 aromatic rings. The first-order valence-corrected chi connectivity index (χ1v) is 6.05. The molecule has 2 rings (SSSR count). The van der Waals surface area contributed by atoms with Crippen LogP contribution in [0.4, 0.5) is 5.69 Å². The highest BCUT2D eigenvalue weighted by Gasteiger charge is 2.35. The molecular weight excluding hydrogens is 300 g/mol. The van der Waals surface area contributed by atoms with Gasteiger partial charge in [-0.05, 0) is 34.1 Å². The zero-order valence-corrected chi connectivity index (χ0v) is 10.8. The van der Waals surface area contributed by atoms with Crippen LogP contribution in [-0.4, -0.2) is 23.5 Å². The first-order valence-electron chi connectivity index (χ1n) is 5.25. The number of anilines is 1. The molecule has 0 aliphatic carbocycles. The number of nitrogens with zero attached hydrogens (tertiary/aromatic N) is 2. The number of rotatable bonds is 2. The molecule has 1 N–H and O–H groups in total. The number of hydrogen-bond acceptors (Lipinski definition) is 3. The third kappa shape index (κ3) is 2.22. The Morgan fingerprint density at radius 3 is 2.78 bits per heavy atom. The van der Waals surface area contributed by atoms with Crippen LogP contribution in [0.5, 0.6) is 0 Å². The van der Waals surface area contributed by atoms with E-state index in [0.717, 1.165) is 0 Å². The second kappa shape index (κ2) is 4.78. The first-order chi connectivity index (χ1) is 8.52. The maximum absolute atomic E-state index is 11.8. The van der Waals surface area contributed by atoms with Crippen molar-refractivity contribution in [2.75, 3.05) is 11.4 Å². The van der Waals surface area contributed by atoms with E-state index in [9.17, 15) is 9.59 Å². The minimum atomic E-state index is -0.962. The van der Waals surface area contributed by atoms with E-state index in [0.29, 0.717) is 15.7 Å². The lowest BCUT2D eigenvalue weighted by Gasteiger charge is -2.17. The molecular formula is C12H9BrN2O3. The molecule has 18 heavy (non-hydrogen) atoms. The quantitative estimate of drug-likeness (QED) is 0.902. The average molecular weight is 309 g/mol. The fourth-order valence-corrected chi connectivity index (χ4v) is 2.49. The van der Waals surface area contributed by atoms with Gasteiger partial charge in [-0.25, -0.2) is 0 Å². The van der Waals surface area contributed by atoms with E-state index in [1.165, 1.54) is 4.90 Å². The minimum Gasteiger partial charge on any atom is -0.481 e. The molecule has 1 unspecified atom stereocenters. The van der Waals surface area contributed by atoms with Crippen molar-refractivity contribution in [1.29, 1.82) is 5.26 Å². The molecule has 5 nitrogen and oxygen atoms in total. The maximum atomic E-state index is 11.8. The van der Waals surface area contributed by atoms with E-state index in [2.05, 4.69) is 15.9 Å². The van der Waals surface area contributed by atoms with Gasteiger partial charge in [0.2, 0.25) is 5.91 Å². The van der Waals surface area contributed by atoms with Gasteiger partial charge in [0.15, 0.2) is 0 Å². The monoisotopic (exact) mass is 308 g/mol. The molecule has 1 heterocycles. The van der Waals surface area contributed by atoms with E-state index in [4.69, 9.17) is 10.4 Å². The van der Waals surface area contributed by atoms with Crippen molar-refractivity contribution < 1.29 is 14.7 Å². The summed E-state index contributed by atoms with van der Waals surface area (Å²) in [4.78, 5) is 24.1. The van der Waals surface area contributed by atoms with Crippen LogP contribution in [0.2, 0.25) is 0 Å². The van der Waals surface area contributed by atoms with Gasteiger partial charge in [-0.15, -0.1) is 0 Å². The van der Waals surface area contributed by atoms with Gasteiger partial charge >= 0.3 is 5.97 Å². The predicted molar refractivity (Wildman–Crippen MR) is 67.0 cm³/mol. The van der Waals surface area contributed by atoms with Crippen molar-refractivity contribution in [2.45, 2.75) is 6.42 Å². The Bertz CT molecular complexity index is 565. The molecule has 0 radical (unpaired) electrons. The molecule has 0 bridgehead atoms. The van der Waals surface area contributed by atoms with E-state index in [1.54, 1.807) is 18.2 Å². The molecule has 1 aliphatic rings. The number of carbonyl (C=O) groups is 2. The molecule has 1 saturated heterocycles. The molecule has 1 aromatic carbocycles. The van der Waals surface area contributed by atoms with Crippen molar-refractivity contribution in [2.24, 2.45) is 5.92 Å². The summed E-state index contributed by atoms with van der Waals surface area (Å²) in [6.07, 6.45) is 0.0156. The van der Waals surface area contributed by atoms with Crippen molar-refractivity contribution in [3.05, 3.63) is 28.2 Å². The summed E-state index contributed by atoms with van der Waals surface area (Å²) in [5.41, 5.74) is 1.08. The number of nitriles is 1. The highest BCUT2D eigenvalue weighted by Crippen LogP contribution is 2.32. The van der Waals surface area contributed by atoms with E-state index in [1.807, 2.05) is 6.07 Å². The SMILES string of the molecule is N#Cc1ccc(N2CC(C(=O)O)CC2=O)c(Br)c1. The Kier molecular flexibility index (Phi) is 3.34. The van der Waals surface area contributed by atoms with Crippen molar-refractivity contribution in [1.82, 2.24) is 0 Å². The van der Waals surface area contributed by atoms with Crippen LogP contribution in [0.3, 0.4) is 0 Å². The van der Waals surface area contributed by atoms with Crippen LogP contribution in [0.25, 0.3) is 0 Å². The van der Waals surface area contributed by atoms with Gasteiger partial charge in [0, 0.05) is 17.4 Å². The van der Waals surface area contributed by atoms with E-state index < -0.39 is 11.9 Å². The third-order valence-corrected chi connectivity index (χ3v) is 3.48. The fourth-order valence-electron chi connectivity index (χ4n) is 1.90. The maximum Gasteiger partial charge on any atom is 0.308 e. The van der Waals surface area contributed by atoms with Gasteiger partial charge in [0.05, 0.1) is 23.2 Å². The number of halogens is 1. The lowest BCUT2D eigenvalue weighted by molar-refractivity contribution is -0.141. The Hall–Kier alpha value is -1.87. The van der Waals surface area contributed by atoms with Gasteiger partial charge in [-0.2, -0.15) is 5.26 Å². The number of carbonyl (C=O) groups excluding carboxylic acids is 1. The van der Waals surface area contributed by atoms with Gasteiger partial charge < -0.3 is 10.0 Å². The second-order valence-electron chi connectivity index (χ2n) is 4.02. The minimum absolute atomic E-state index is 0.0156. The molecule has 1 atom stereocenters. The summed E-state index contributed by atoms with van der Waals surface area (Å²) in [7, 11) is 0. The Balaban J connectivity index is 2.30. The first kappa shape index (κ1) is 12.6. The van der Waals surface area contributed by atoms with Crippen LogP contribution < -0.4 is 4.90 Å². The van der Waals surface area contributed by atoms with Crippen LogP contribution >= 0.6 is 15.9 Å². The zero-order chi connectivity index (χ0) is 13.3. The third-order valence-electron chi connectivity index (χ3n) is 2.84. The molecule has 92 valence electrons. The Labute approximate surface area is 112 Å². The van der Waals surface area contributed by atoms with Crippen molar-refractivity contribution in [3.63, 3.8) is 0 Å². The molecule has 6 heteroatoms. The summed E-state index contributed by atoms with van der Waals surface area (Å²) in [6.45, 7) is 0.165. The van der Waals surface area contributed by atoms with E-state index in [-0.39, 0.29) is 18.9 Å². The summed E-state index contributed by atoms with van der Waals surface area (Å²) >= 11 is 3.29. The number of hydrogen-bond donors (Lipinski definition) is 1. The summed E-state index contributed by atoms with van der Waals surface area (Å²) in [6, 6.07) is 6.85. The van der Waals surface area contributed by atoms with Crippen LogP contribution in [-0.2, 0) is 9.59 Å². The second-order valence-corrected chi connectivity index (χ2v) is 4.88. The molecule has 0 saturated carbocycles. The van der Waals surface area contributed by atoms with Gasteiger partial charge in [0.1, 0.15) is 0 Å². The molecule has 0 spiro atoms. The number of amides is 1. The van der Waals surface area contributed by atoms with Crippen LogP contribution in [0, 0.1) is 17.2 Å². The number of aliphatic carboxylic acids is 1. The average Bonchev–Trinajstić information content (AvgIpc) is 2.71. The van der Waals surface area contributed by atoms with Gasteiger partial charge in [-0.3, -0.25) is 9.59 Å². The standard InChI is InChI=1S/C12H9BrN2O3/c13-9-3-7(5-14)1-2-10(9)15-6-8(12(17)18)4-11(15)16/h1-3,8H,4,6H2,(H,17,18). The number of benzene rings is 1. The van der Waals surface area contributed by atoms with Gasteiger partial charge in [-0.1, -0.05) is 0 Å². The zero-order valence-electron chi connectivity index (χ0n) is 9.26. The topological polar surface area (TPSA) is 81.4 Å². The molecule has 1 aliphatic heterocycles. The van der Waals surface area contributed by atoms with E-state index >= 15 is 0 Å². The number of carboxylic acid groups (broad SMARTS) is 1. The smallest absolute Gasteiger partial charge is 0.308 e. The van der Waals surface area contributed by atoms with Crippen LogP contribution in [0.15, 0.2) is 22.7 Å². The van der Waals surface area contributed by atoms with Crippen molar-refractivity contribution >= 4 is 33.5 Å². The summed E-state index contributed by atoms with van der Waals surface area (Å²) < 4.78 is 0.612. The predicted octanol–water partition coefficient (Wildman–Crippen LogP) is 1.76. The van der Waals surface area contributed by atoms with Gasteiger partial charge in [0.25, 0.3) is 0 Å². The van der Waals surface area contributed by atoms with Crippen molar-refractivity contribution in [3.8, 4) is 6.07 Å². The number of carboxylic acids is 1. The lowest BCUT2D eigenvalue weighted by Crippen LogP contribution is -2.26. The van der Waals surface area contributed by atoms with Crippen LogP contribution in [0.1, 0.15) is 12.0 Å². The Morgan fingerprint density at radius 1 is 1.56 bits per heavy atom. The molecule has 1 fully saturated rings. The lowest BCUT2D eigenvalue weighted by atomic mass is 10.1. The highest BCUT2D eigenvalue weighted by molar-refractivity contribution is 9.10. The highest BCUT2D eigenvalue weighted by atomic mass is 79.9. The molecule has 0 aromatic heterocycles. The largest absolute Gasteiger partial charge is 0.481 e. The molecule has 1 amide bonds.